The van der Waals surface area contributed by atoms with Gasteiger partial charge in [0.15, 0.2) is 0 Å². The molecular weight excluding hydrogens is 194 g/mol. The molecule has 0 aliphatic heterocycles. The van der Waals surface area contributed by atoms with Crippen LogP contribution < -0.4 is 10.5 Å². The summed E-state index contributed by atoms with van der Waals surface area (Å²) in [4.78, 5) is 11.3. The molecule has 2 N–H and O–H groups in total. The van der Waals surface area contributed by atoms with Gasteiger partial charge in [0.25, 0.3) is 0 Å². The number of esters is 1. The van der Waals surface area contributed by atoms with E-state index in [2.05, 4.69) is 6.58 Å². The molecule has 0 radical (unpaired) electrons. The Morgan fingerprint density at radius 2 is 2.07 bits per heavy atom. The van der Waals surface area contributed by atoms with E-state index in [1.54, 1.807) is 24.3 Å². The van der Waals surface area contributed by atoms with Crippen LogP contribution in [0.5, 0.6) is 5.75 Å². The highest BCUT2D eigenvalue weighted by molar-refractivity contribution is 5.89. The zero-order valence-corrected chi connectivity index (χ0v) is 8.31. The van der Waals surface area contributed by atoms with E-state index < -0.39 is 0 Å². The average molecular weight is 207 g/mol. The second kappa shape index (κ2) is 5.82. The summed E-state index contributed by atoms with van der Waals surface area (Å²) in [6, 6.07) is 6.57. The van der Waals surface area contributed by atoms with E-state index in [1.807, 2.05) is 0 Å². The number of hydrogen-bond acceptors (Lipinski definition) is 4. The number of hydrogen-bond donors (Lipinski definition) is 1. The smallest absolute Gasteiger partial charge is 0.338 e. The number of ether oxygens (including phenoxy) is 2. The largest absolute Gasteiger partial charge is 0.479 e. The highest BCUT2D eigenvalue weighted by Gasteiger charge is 2.05. The SMILES string of the molecule is C=CCOC(=O)c1ccc(OCN)cc1. The molecule has 4 nitrogen and oxygen atoms in total. The van der Waals surface area contributed by atoms with Crippen molar-refractivity contribution in [2.75, 3.05) is 13.3 Å². The van der Waals surface area contributed by atoms with E-state index >= 15 is 0 Å². The lowest BCUT2D eigenvalue weighted by Gasteiger charge is -2.04. The Morgan fingerprint density at radius 3 is 2.60 bits per heavy atom. The van der Waals surface area contributed by atoms with Crippen molar-refractivity contribution in [2.24, 2.45) is 5.73 Å². The Balaban J connectivity index is 2.62. The molecule has 0 bridgehead atoms. The molecule has 4 heteroatoms. The molecule has 0 aliphatic rings. The molecule has 1 aromatic carbocycles. The third kappa shape index (κ3) is 3.44. The molecule has 0 amide bonds. The Kier molecular flexibility index (Phi) is 4.37. The fraction of sp³-hybridized carbons (Fsp3) is 0.182. The monoisotopic (exact) mass is 207 g/mol. The van der Waals surface area contributed by atoms with Crippen LogP contribution in [-0.2, 0) is 4.74 Å². The van der Waals surface area contributed by atoms with Gasteiger partial charge >= 0.3 is 5.97 Å². The van der Waals surface area contributed by atoms with Gasteiger partial charge in [0.1, 0.15) is 19.1 Å². The Bertz CT molecular complexity index is 332. The maximum Gasteiger partial charge on any atom is 0.338 e. The normalized spacial score (nSPS) is 9.40. The quantitative estimate of drug-likeness (QED) is 0.449. The van der Waals surface area contributed by atoms with Crippen molar-refractivity contribution in [1.29, 1.82) is 0 Å². The summed E-state index contributed by atoms with van der Waals surface area (Å²) in [5.41, 5.74) is 5.67. The summed E-state index contributed by atoms with van der Waals surface area (Å²) in [7, 11) is 0. The zero-order valence-electron chi connectivity index (χ0n) is 8.31. The lowest BCUT2D eigenvalue weighted by molar-refractivity contribution is 0.0549. The standard InChI is InChI=1S/C11H13NO3/c1-2-7-14-11(13)9-3-5-10(6-4-9)15-8-12/h2-6H,1,7-8,12H2. The topological polar surface area (TPSA) is 61.5 Å². The van der Waals surface area contributed by atoms with E-state index in [-0.39, 0.29) is 19.3 Å². The van der Waals surface area contributed by atoms with Gasteiger partial charge in [0, 0.05) is 0 Å². The van der Waals surface area contributed by atoms with Gasteiger partial charge in [-0.15, -0.1) is 0 Å². The van der Waals surface area contributed by atoms with Crippen LogP contribution in [0.1, 0.15) is 10.4 Å². The first-order valence-electron chi connectivity index (χ1n) is 4.49. The van der Waals surface area contributed by atoms with Crippen molar-refractivity contribution in [2.45, 2.75) is 0 Å². The molecule has 80 valence electrons. The molecule has 0 fully saturated rings. The van der Waals surface area contributed by atoms with Gasteiger partial charge in [-0.2, -0.15) is 0 Å². The summed E-state index contributed by atoms with van der Waals surface area (Å²) in [5, 5.41) is 0. The number of benzene rings is 1. The van der Waals surface area contributed by atoms with Gasteiger partial charge in [0.05, 0.1) is 5.56 Å². The Labute approximate surface area is 88.3 Å². The number of rotatable bonds is 5. The summed E-state index contributed by atoms with van der Waals surface area (Å²) in [6.45, 7) is 3.77. The van der Waals surface area contributed by atoms with Crippen LogP contribution in [0.2, 0.25) is 0 Å². The summed E-state index contributed by atoms with van der Waals surface area (Å²) in [5.74, 6) is 0.243. The fourth-order valence-corrected chi connectivity index (χ4v) is 1.00. The molecule has 0 spiro atoms. The van der Waals surface area contributed by atoms with Crippen LogP contribution in [0.15, 0.2) is 36.9 Å². The van der Waals surface area contributed by atoms with Gasteiger partial charge in [-0.1, -0.05) is 12.7 Å². The van der Waals surface area contributed by atoms with Crippen LogP contribution in [0.3, 0.4) is 0 Å². The van der Waals surface area contributed by atoms with Crippen molar-refractivity contribution in [3.8, 4) is 5.75 Å². The van der Waals surface area contributed by atoms with Crippen LogP contribution in [0.25, 0.3) is 0 Å². The molecule has 1 rings (SSSR count). The summed E-state index contributed by atoms with van der Waals surface area (Å²) < 4.78 is 9.89. The van der Waals surface area contributed by atoms with Crippen molar-refractivity contribution >= 4 is 5.97 Å². The Hall–Kier alpha value is -1.81. The van der Waals surface area contributed by atoms with Crippen molar-refractivity contribution < 1.29 is 14.3 Å². The van der Waals surface area contributed by atoms with Crippen molar-refractivity contribution in [3.05, 3.63) is 42.5 Å². The third-order valence-corrected chi connectivity index (χ3v) is 1.67. The molecule has 0 aliphatic carbocycles. The molecule has 0 atom stereocenters. The van der Waals surface area contributed by atoms with Gasteiger partial charge in [-0.05, 0) is 24.3 Å². The molecule has 0 saturated heterocycles. The van der Waals surface area contributed by atoms with Gasteiger partial charge < -0.3 is 9.47 Å². The van der Waals surface area contributed by atoms with E-state index in [1.165, 1.54) is 6.08 Å². The molecule has 0 saturated carbocycles. The number of nitrogens with two attached hydrogens (primary N) is 1. The minimum absolute atomic E-state index is 0.111. The second-order valence-corrected chi connectivity index (χ2v) is 2.72. The van der Waals surface area contributed by atoms with Crippen LogP contribution in [-0.4, -0.2) is 19.3 Å². The van der Waals surface area contributed by atoms with Gasteiger partial charge in [-0.25, -0.2) is 4.79 Å². The molecule has 0 heterocycles. The first kappa shape index (κ1) is 11.3. The molecule has 0 unspecified atom stereocenters. The first-order chi connectivity index (χ1) is 7.27. The van der Waals surface area contributed by atoms with Crippen LogP contribution in [0, 0.1) is 0 Å². The summed E-state index contributed by atoms with van der Waals surface area (Å²) >= 11 is 0. The minimum Gasteiger partial charge on any atom is -0.479 e. The van der Waals surface area contributed by atoms with E-state index in [0.717, 1.165) is 0 Å². The molecule has 15 heavy (non-hydrogen) atoms. The highest BCUT2D eigenvalue weighted by Crippen LogP contribution is 2.12. The minimum atomic E-state index is -0.380. The number of carbonyl (C=O) groups is 1. The molecular formula is C11H13NO3. The fourth-order valence-electron chi connectivity index (χ4n) is 1.00. The van der Waals surface area contributed by atoms with Gasteiger partial charge in [-0.3, -0.25) is 5.73 Å². The highest BCUT2D eigenvalue weighted by atomic mass is 16.5. The molecule has 0 aromatic heterocycles. The van der Waals surface area contributed by atoms with Crippen LogP contribution >= 0.6 is 0 Å². The van der Waals surface area contributed by atoms with E-state index in [0.29, 0.717) is 11.3 Å². The zero-order chi connectivity index (χ0) is 11.1. The summed E-state index contributed by atoms with van der Waals surface area (Å²) in [6.07, 6.45) is 1.52. The van der Waals surface area contributed by atoms with Gasteiger partial charge in [0.2, 0.25) is 0 Å². The number of carbonyl (C=O) groups excluding carboxylic acids is 1. The predicted molar refractivity (Wildman–Crippen MR) is 56.6 cm³/mol. The third-order valence-electron chi connectivity index (χ3n) is 1.67. The lowest BCUT2D eigenvalue weighted by Crippen LogP contribution is -2.08. The van der Waals surface area contributed by atoms with Crippen molar-refractivity contribution in [3.63, 3.8) is 0 Å². The lowest BCUT2D eigenvalue weighted by atomic mass is 10.2. The average Bonchev–Trinajstić information content (AvgIpc) is 2.27. The Morgan fingerprint density at radius 1 is 1.40 bits per heavy atom. The predicted octanol–water partition coefficient (Wildman–Crippen LogP) is 1.32. The van der Waals surface area contributed by atoms with Crippen LogP contribution in [0.4, 0.5) is 0 Å². The second-order valence-electron chi connectivity index (χ2n) is 2.72. The van der Waals surface area contributed by atoms with E-state index in [4.69, 9.17) is 15.2 Å². The maximum absolute atomic E-state index is 11.3. The van der Waals surface area contributed by atoms with E-state index in [9.17, 15) is 4.79 Å². The van der Waals surface area contributed by atoms with Crippen molar-refractivity contribution in [1.82, 2.24) is 0 Å². The first-order valence-corrected chi connectivity index (χ1v) is 4.49. The molecule has 1 aromatic rings. The maximum atomic E-state index is 11.3.